The SMILES string of the molecule is COCC(Cl)CCNC(C)COC. The first-order valence-corrected chi connectivity index (χ1v) is 4.99. The van der Waals surface area contributed by atoms with Crippen molar-refractivity contribution in [2.75, 3.05) is 34.0 Å². The lowest BCUT2D eigenvalue weighted by Gasteiger charge is -2.14. The molecule has 0 saturated carbocycles. The van der Waals surface area contributed by atoms with Gasteiger partial charge in [0.15, 0.2) is 0 Å². The van der Waals surface area contributed by atoms with Crippen LogP contribution in [0.15, 0.2) is 0 Å². The number of hydrogen-bond donors (Lipinski definition) is 1. The van der Waals surface area contributed by atoms with E-state index in [4.69, 9.17) is 21.1 Å². The van der Waals surface area contributed by atoms with Gasteiger partial charge >= 0.3 is 0 Å². The molecule has 0 aliphatic heterocycles. The van der Waals surface area contributed by atoms with Crippen molar-refractivity contribution in [3.05, 3.63) is 0 Å². The molecule has 0 radical (unpaired) electrons. The molecule has 0 rings (SSSR count). The minimum atomic E-state index is 0.104. The van der Waals surface area contributed by atoms with Crippen LogP contribution in [0.4, 0.5) is 0 Å². The molecule has 4 heteroatoms. The highest BCUT2D eigenvalue weighted by atomic mass is 35.5. The van der Waals surface area contributed by atoms with Crippen molar-refractivity contribution in [1.82, 2.24) is 5.32 Å². The average Bonchev–Trinajstić information content (AvgIpc) is 2.05. The first-order valence-electron chi connectivity index (χ1n) is 4.56. The third-order valence-corrected chi connectivity index (χ3v) is 2.06. The Morgan fingerprint density at radius 2 is 1.85 bits per heavy atom. The van der Waals surface area contributed by atoms with Crippen LogP contribution in [0.5, 0.6) is 0 Å². The van der Waals surface area contributed by atoms with Gasteiger partial charge in [-0.3, -0.25) is 0 Å². The maximum Gasteiger partial charge on any atom is 0.0626 e. The molecular formula is C9H20ClNO2. The maximum absolute atomic E-state index is 5.95. The van der Waals surface area contributed by atoms with Crippen LogP contribution >= 0.6 is 11.6 Å². The molecule has 80 valence electrons. The van der Waals surface area contributed by atoms with Gasteiger partial charge in [-0.15, -0.1) is 11.6 Å². The van der Waals surface area contributed by atoms with Crippen molar-refractivity contribution in [3.8, 4) is 0 Å². The van der Waals surface area contributed by atoms with Crippen LogP contribution in [-0.2, 0) is 9.47 Å². The molecule has 0 bridgehead atoms. The molecule has 2 unspecified atom stereocenters. The van der Waals surface area contributed by atoms with Gasteiger partial charge in [0.1, 0.15) is 0 Å². The highest BCUT2D eigenvalue weighted by Gasteiger charge is 2.04. The van der Waals surface area contributed by atoms with Crippen molar-refractivity contribution >= 4 is 11.6 Å². The summed E-state index contributed by atoms with van der Waals surface area (Å²) in [6.07, 6.45) is 0.920. The number of methoxy groups -OCH3 is 2. The lowest BCUT2D eigenvalue weighted by atomic mass is 10.3. The van der Waals surface area contributed by atoms with E-state index in [1.165, 1.54) is 0 Å². The van der Waals surface area contributed by atoms with Gasteiger partial charge in [0.05, 0.1) is 18.6 Å². The zero-order valence-electron chi connectivity index (χ0n) is 8.68. The van der Waals surface area contributed by atoms with E-state index in [0.29, 0.717) is 12.6 Å². The van der Waals surface area contributed by atoms with Gasteiger partial charge in [-0.1, -0.05) is 0 Å². The summed E-state index contributed by atoms with van der Waals surface area (Å²) in [6, 6.07) is 0.386. The first kappa shape index (κ1) is 13.2. The number of alkyl halides is 1. The zero-order valence-corrected chi connectivity index (χ0v) is 9.43. The molecule has 0 aliphatic rings. The summed E-state index contributed by atoms with van der Waals surface area (Å²) < 4.78 is 9.91. The molecule has 13 heavy (non-hydrogen) atoms. The summed E-state index contributed by atoms with van der Waals surface area (Å²) in [7, 11) is 3.36. The molecule has 0 aromatic heterocycles. The first-order chi connectivity index (χ1) is 6.20. The zero-order chi connectivity index (χ0) is 10.1. The van der Waals surface area contributed by atoms with Gasteiger partial charge in [0.2, 0.25) is 0 Å². The second kappa shape index (κ2) is 8.75. The number of ether oxygens (including phenoxy) is 2. The Bertz CT molecular complexity index is 102. The van der Waals surface area contributed by atoms with Crippen molar-refractivity contribution in [1.29, 1.82) is 0 Å². The van der Waals surface area contributed by atoms with E-state index in [2.05, 4.69) is 12.2 Å². The molecule has 3 nitrogen and oxygen atoms in total. The summed E-state index contributed by atoms with van der Waals surface area (Å²) in [4.78, 5) is 0. The van der Waals surface area contributed by atoms with Gasteiger partial charge < -0.3 is 14.8 Å². The van der Waals surface area contributed by atoms with Crippen LogP contribution in [0, 0.1) is 0 Å². The Morgan fingerprint density at radius 1 is 1.23 bits per heavy atom. The van der Waals surface area contributed by atoms with E-state index in [-0.39, 0.29) is 5.38 Å². The Labute approximate surface area is 85.7 Å². The molecular weight excluding hydrogens is 190 g/mol. The second-order valence-electron chi connectivity index (χ2n) is 3.15. The van der Waals surface area contributed by atoms with E-state index in [0.717, 1.165) is 19.6 Å². The molecule has 0 saturated heterocycles. The van der Waals surface area contributed by atoms with Gasteiger partial charge in [-0.05, 0) is 19.9 Å². The highest BCUT2D eigenvalue weighted by molar-refractivity contribution is 6.20. The Balaban J connectivity index is 3.23. The number of halogens is 1. The minimum Gasteiger partial charge on any atom is -0.383 e. The van der Waals surface area contributed by atoms with Crippen LogP contribution in [0.3, 0.4) is 0 Å². The largest absolute Gasteiger partial charge is 0.383 e. The summed E-state index contributed by atoms with van der Waals surface area (Å²) in [5.74, 6) is 0. The number of rotatable bonds is 8. The van der Waals surface area contributed by atoms with Crippen LogP contribution in [0.1, 0.15) is 13.3 Å². The second-order valence-corrected chi connectivity index (χ2v) is 3.77. The molecule has 0 aromatic carbocycles. The normalized spacial score (nSPS) is 15.7. The van der Waals surface area contributed by atoms with E-state index < -0.39 is 0 Å². The summed E-state index contributed by atoms with van der Waals surface area (Å²) in [5.41, 5.74) is 0. The molecule has 0 fully saturated rings. The summed E-state index contributed by atoms with van der Waals surface area (Å²) in [6.45, 7) is 4.34. The van der Waals surface area contributed by atoms with E-state index >= 15 is 0 Å². The fraction of sp³-hybridized carbons (Fsp3) is 1.00. The van der Waals surface area contributed by atoms with Crippen molar-refractivity contribution in [2.45, 2.75) is 24.8 Å². The van der Waals surface area contributed by atoms with Crippen molar-refractivity contribution in [2.24, 2.45) is 0 Å². The Morgan fingerprint density at radius 3 is 2.38 bits per heavy atom. The summed E-state index contributed by atoms with van der Waals surface area (Å²) in [5, 5.41) is 3.41. The average molecular weight is 210 g/mol. The van der Waals surface area contributed by atoms with Crippen LogP contribution < -0.4 is 5.32 Å². The molecule has 0 heterocycles. The van der Waals surface area contributed by atoms with Gasteiger partial charge in [-0.2, -0.15) is 0 Å². The molecule has 0 amide bonds. The van der Waals surface area contributed by atoms with Gasteiger partial charge in [0, 0.05) is 20.3 Å². The maximum atomic E-state index is 5.95. The molecule has 2 atom stereocenters. The quantitative estimate of drug-likeness (QED) is 0.611. The molecule has 0 aliphatic carbocycles. The van der Waals surface area contributed by atoms with Crippen LogP contribution in [0.25, 0.3) is 0 Å². The molecule has 0 spiro atoms. The molecule has 0 aromatic rings. The monoisotopic (exact) mass is 209 g/mol. The Hall–Kier alpha value is 0.170. The van der Waals surface area contributed by atoms with Gasteiger partial charge in [0.25, 0.3) is 0 Å². The predicted octanol–water partition coefficient (Wildman–Crippen LogP) is 1.25. The Kier molecular flexibility index (Phi) is 8.87. The smallest absolute Gasteiger partial charge is 0.0626 e. The standard InChI is InChI=1S/C9H20ClNO2/c1-8(6-12-2)11-5-4-9(10)7-13-3/h8-9,11H,4-7H2,1-3H3. The topological polar surface area (TPSA) is 30.5 Å². The van der Waals surface area contributed by atoms with E-state index in [1.54, 1.807) is 14.2 Å². The number of hydrogen-bond acceptors (Lipinski definition) is 3. The fourth-order valence-electron chi connectivity index (χ4n) is 1.06. The summed E-state index contributed by atoms with van der Waals surface area (Å²) >= 11 is 5.95. The third kappa shape index (κ3) is 8.50. The van der Waals surface area contributed by atoms with Crippen molar-refractivity contribution in [3.63, 3.8) is 0 Å². The van der Waals surface area contributed by atoms with Crippen LogP contribution in [0.2, 0.25) is 0 Å². The third-order valence-electron chi connectivity index (χ3n) is 1.71. The minimum absolute atomic E-state index is 0.104. The fourth-order valence-corrected chi connectivity index (χ4v) is 1.29. The highest BCUT2D eigenvalue weighted by Crippen LogP contribution is 2.00. The van der Waals surface area contributed by atoms with E-state index in [1.807, 2.05) is 0 Å². The lowest BCUT2D eigenvalue weighted by molar-refractivity contribution is 0.170. The number of nitrogens with one attached hydrogen (secondary N) is 1. The van der Waals surface area contributed by atoms with Crippen LogP contribution in [-0.4, -0.2) is 45.4 Å². The van der Waals surface area contributed by atoms with E-state index in [9.17, 15) is 0 Å². The predicted molar refractivity (Wildman–Crippen MR) is 55.5 cm³/mol. The van der Waals surface area contributed by atoms with Gasteiger partial charge in [-0.25, -0.2) is 0 Å². The molecule has 1 N–H and O–H groups in total. The lowest BCUT2D eigenvalue weighted by Crippen LogP contribution is -2.32. The van der Waals surface area contributed by atoms with Crippen molar-refractivity contribution < 1.29 is 9.47 Å².